The van der Waals surface area contributed by atoms with E-state index in [1.54, 1.807) is 0 Å². The smallest absolute Gasteiger partial charge is 0.307 e. The van der Waals surface area contributed by atoms with Crippen molar-refractivity contribution in [2.45, 2.75) is 59.8 Å². The Kier molecular flexibility index (Phi) is 4.74. The topological polar surface area (TPSA) is 54.4 Å². The molecule has 0 bridgehead atoms. The molecular formula is C19H26O3. The molecule has 1 aliphatic carbocycles. The molecule has 1 N–H and O–H groups in total. The van der Waals surface area contributed by atoms with Gasteiger partial charge in [0.1, 0.15) is 5.78 Å². The normalized spacial score (nSPS) is 25.0. The minimum atomic E-state index is -0.826. The molecule has 2 unspecified atom stereocenters. The van der Waals surface area contributed by atoms with Crippen LogP contribution in [0.3, 0.4) is 0 Å². The number of carbonyl (C=O) groups excluding carboxylic acids is 1. The molecule has 1 aromatic carbocycles. The van der Waals surface area contributed by atoms with Crippen LogP contribution in [0.1, 0.15) is 54.9 Å². The van der Waals surface area contributed by atoms with Gasteiger partial charge in [0, 0.05) is 11.8 Å². The van der Waals surface area contributed by atoms with Crippen LogP contribution < -0.4 is 0 Å². The molecule has 0 aliphatic heterocycles. The van der Waals surface area contributed by atoms with Crippen molar-refractivity contribution in [1.82, 2.24) is 0 Å². The van der Waals surface area contributed by atoms with Crippen molar-refractivity contribution < 1.29 is 14.7 Å². The number of rotatable bonds is 4. The Bertz CT molecular complexity index is 580. The van der Waals surface area contributed by atoms with Crippen LogP contribution in [0, 0.1) is 32.1 Å². The summed E-state index contributed by atoms with van der Waals surface area (Å²) in [5, 5.41) is 9.48. The second kappa shape index (κ2) is 6.23. The Morgan fingerprint density at radius 1 is 1.18 bits per heavy atom. The molecule has 0 aromatic heterocycles. The average Bonchev–Trinajstić information content (AvgIpc) is 2.42. The zero-order valence-corrected chi connectivity index (χ0v) is 14.0. The van der Waals surface area contributed by atoms with E-state index >= 15 is 0 Å². The number of carboxylic acid groups (broad SMARTS) is 1. The maximum Gasteiger partial charge on any atom is 0.307 e. The first-order valence-electron chi connectivity index (χ1n) is 8.08. The zero-order chi connectivity index (χ0) is 16.5. The number of hydrogen-bond donors (Lipinski definition) is 1. The molecule has 3 heteroatoms. The highest BCUT2D eigenvalue weighted by Crippen LogP contribution is 2.43. The lowest BCUT2D eigenvalue weighted by Crippen LogP contribution is -2.43. The third-order valence-electron chi connectivity index (χ3n) is 5.32. The summed E-state index contributed by atoms with van der Waals surface area (Å²) in [6, 6.07) is 4.18. The van der Waals surface area contributed by atoms with Crippen LogP contribution in [-0.4, -0.2) is 16.9 Å². The minimum Gasteiger partial charge on any atom is -0.481 e. The zero-order valence-electron chi connectivity index (χ0n) is 14.0. The van der Waals surface area contributed by atoms with E-state index in [-0.39, 0.29) is 5.78 Å². The van der Waals surface area contributed by atoms with Gasteiger partial charge in [-0.1, -0.05) is 37.5 Å². The van der Waals surface area contributed by atoms with E-state index in [1.807, 2.05) is 20.8 Å². The van der Waals surface area contributed by atoms with Crippen LogP contribution in [0.15, 0.2) is 12.1 Å². The molecule has 0 spiro atoms. The first-order valence-corrected chi connectivity index (χ1v) is 8.08. The van der Waals surface area contributed by atoms with Crippen LogP contribution in [0.25, 0.3) is 0 Å². The Morgan fingerprint density at radius 2 is 1.77 bits per heavy atom. The summed E-state index contributed by atoms with van der Waals surface area (Å²) in [4.78, 5) is 24.5. The van der Waals surface area contributed by atoms with Crippen LogP contribution >= 0.6 is 0 Å². The van der Waals surface area contributed by atoms with E-state index in [0.29, 0.717) is 19.3 Å². The predicted molar refractivity (Wildman–Crippen MR) is 87.1 cm³/mol. The molecular weight excluding hydrogens is 276 g/mol. The number of hydrogen-bond acceptors (Lipinski definition) is 2. The van der Waals surface area contributed by atoms with E-state index in [9.17, 15) is 14.7 Å². The number of carbonyl (C=O) groups is 2. The molecule has 1 aliphatic rings. The lowest BCUT2D eigenvalue weighted by molar-refractivity contribution is -0.153. The first kappa shape index (κ1) is 16.7. The summed E-state index contributed by atoms with van der Waals surface area (Å²) in [5.41, 5.74) is 3.77. The van der Waals surface area contributed by atoms with Gasteiger partial charge in [-0.2, -0.15) is 0 Å². The summed E-state index contributed by atoms with van der Waals surface area (Å²) in [6.45, 7) is 7.96. The predicted octanol–water partition coefficient (Wildman–Crippen LogP) is 4.00. The Labute approximate surface area is 132 Å². The quantitative estimate of drug-likeness (QED) is 0.914. The summed E-state index contributed by atoms with van der Waals surface area (Å²) < 4.78 is 0. The molecule has 0 radical (unpaired) electrons. The fraction of sp³-hybridized carbons (Fsp3) is 0.579. The standard InChI is InChI=1S/C19H26O3/c1-12-9-13(2)15(14(3)10-12)11-17(20)19(4)8-6-5-7-16(19)18(21)22/h9-10,16H,5-8,11H2,1-4H3,(H,21,22). The van der Waals surface area contributed by atoms with Gasteiger partial charge in [-0.15, -0.1) is 0 Å². The SMILES string of the molecule is Cc1cc(C)c(CC(=O)C2(C)CCCCC2C(=O)O)c(C)c1. The van der Waals surface area contributed by atoms with Gasteiger partial charge in [-0.3, -0.25) is 9.59 Å². The number of benzene rings is 1. The van der Waals surface area contributed by atoms with Gasteiger partial charge in [0.05, 0.1) is 5.92 Å². The van der Waals surface area contributed by atoms with E-state index in [4.69, 9.17) is 0 Å². The van der Waals surface area contributed by atoms with E-state index in [2.05, 4.69) is 19.1 Å². The van der Waals surface area contributed by atoms with Crippen molar-refractivity contribution in [3.05, 3.63) is 34.4 Å². The Balaban J connectivity index is 2.29. The van der Waals surface area contributed by atoms with Gasteiger partial charge in [0.15, 0.2) is 0 Å². The molecule has 1 saturated carbocycles. The molecule has 2 atom stereocenters. The second-order valence-corrected chi connectivity index (χ2v) is 7.03. The van der Waals surface area contributed by atoms with Gasteiger partial charge in [0.25, 0.3) is 0 Å². The summed E-state index contributed by atoms with van der Waals surface area (Å²) in [7, 11) is 0. The van der Waals surface area contributed by atoms with Gasteiger partial charge < -0.3 is 5.11 Å². The summed E-state index contributed by atoms with van der Waals surface area (Å²) in [6.07, 6.45) is 3.49. The van der Waals surface area contributed by atoms with Crippen molar-refractivity contribution in [3.63, 3.8) is 0 Å². The average molecular weight is 302 g/mol. The van der Waals surface area contributed by atoms with Crippen molar-refractivity contribution >= 4 is 11.8 Å². The van der Waals surface area contributed by atoms with Crippen molar-refractivity contribution in [1.29, 1.82) is 0 Å². The Morgan fingerprint density at radius 3 is 2.32 bits per heavy atom. The van der Waals surface area contributed by atoms with E-state index in [0.717, 1.165) is 29.5 Å². The molecule has 0 amide bonds. The number of Topliss-reactive ketones (excluding diaryl/α,β-unsaturated/α-hetero) is 1. The van der Waals surface area contributed by atoms with Gasteiger partial charge in [-0.25, -0.2) is 0 Å². The number of carboxylic acids is 1. The molecule has 1 aromatic rings. The molecule has 120 valence electrons. The molecule has 22 heavy (non-hydrogen) atoms. The monoisotopic (exact) mass is 302 g/mol. The maximum atomic E-state index is 12.9. The van der Waals surface area contributed by atoms with Crippen LogP contribution in [0.5, 0.6) is 0 Å². The molecule has 0 saturated heterocycles. The highest BCUT2D eigenvalue weighted by Gasteiger charge is 2.46. The van der Waals surface area contributed by atoms with Crippen molar-refractivity contribution in [3.8, 4) is 0 Å². The van der Waals surface area contributed by atoms with Crippen LogP contribution in [0.4, 0.5) is 0 Å². The van der Waals surface area contributed by atoms with E-state index in [1.165, 1.54) is 5.56 Å². The minimum absolute atomic E-state index is 0.0784. The fourth-order valence-electron chi connectivity index (χ4n) is 3.91. The van der Waals surface area contributed by atoms with E-state index < -0.39 is 17.3 Å². The number of aliphatic carboxylic acids is 1. The largest absolute Gasteiger partial charge is 0.481 e. The lowest BCUT2D eigenvalue weighted by Gasteiger charge is -2.38. The lowest BCUT2D eigenvalue weighted by atomic mass is 9.64. The first-order chi connectivity index (χ1) is 10.3. The molecule has 0 heterocycles. The highest BCUT2D eigenvalue weighted by molar-refractivity contribution is 5.91. The molecule has 1 fully saturated rings. The van der Waals surface area contributed by atoms with Gasteiger partial charge in [-0.05, 0) is 50.3 Å². The van der Waals surface area contributed by atoms with Crippen LogP contribution in [-0.2, 0) is 16.0 Å². The third-order valence-corrected chi connectivity index (χ3v) is 5.32. The summed E-state index contributed by atoms with van der Waals surface area (Å²) >= 11 is 0. The van der Waals surface area contributed by atoms with Crippen molar-refractivity contribution in [2.75, 3.05) is 0 Å². The fourth-order valence-corrected chi connectivity index (χ4v) is 3.91. The summed E-state index contributed by atoms with van der Waals surface area (Å²) in [5.74, 6) is -1.29. The number of ketones is 1. The maximum absolute atomic E-state index is 12.9. The van der Waals surface area contributed by atoms with Crippen LogP contribution in [0.2, 0.25) is 0 Å². The molecule has 3 nitrogen and oxygen atoms in total. The third kappa shape index (κ3) is 3.08. The second-order valence-electron chi connectivity index (χ2n) is 7.03. The van der Waals surface area contributed by atoms with Gasteiger partial charge >= 0.3 is 5.97 Å². The van der Waals surface area contributed by atoms with Gasteiger partial charge in [0.2, 0.25) is 0 Å². The Hall–Kier alpha value is -1.64. The number of aryl methyl sites for hydroxylation is 3. The highest BCUT2D eigenvalue weighted by atomic mass is 16.4. The van der Waals surface area contributed by atoms with Crippen molar-refractivity contribution in [2.24, 2.45) is 11.3 Å². The molecule has 2 rings (SSSR count).